The number of nitrogens with zero attached hydrogens (tertiary/aromatic N) is 2. The highest BCUT2D eigenvalue weighted by Gasteiger charge is 2.36. The molecule has 0 saturated heterocycles. The minimum Gasteiger partial charge on any atom is -0.310 e. The Kier molecular flexibility index (Phi) is 5.42. The molecular formula is C40H32N2. The molecule has 8 rings (SSSR count). The Labute approximate surface area is 247 Å². The van der Waals surface area contributed by atoms with Crippen LogP contribution in [0.4, 0.5) is 17.1 Å². The van der Waals surface area contributed by atoms with Crippen LogP contribution in [0.1, 0.15) is 30.5 Å². The molecule has 202 valence electrons. The van der Waals surface area contributed by atoms with Gasteiger partial charge >= 0.3 is 0 Å². The van der Waals surface area contributed by atoms with Crippen molar-refractivity contribution in [3.8, 4) is 16.8 Å². The van der Waals surface area contributed by atoms with Crippen LogP contribution in [0.2, 0.25) is 0 Å². The molecule has 0 radical (unpaired) electrons. The van der Waals surface area contributed by atoms with Crippen LogP contribution in [0.3, 0.4) is 0 Å². The molecule has 2 heteroatoms. The van der Waals surface area contributed by atoms with E-state index in [2.05, 4.69) is 170 Å². The van der Waals surface area contributed by atoms with E-state index in [9.17, 15) is 0 Å². The monoisotopic (exact) mass is 540 g/mol. The van der Waals surface area contributed by atoms with E-state index in [4.69, 9.17) is 0 Å². The fourth-order valence-electron chi connectivity index (χ4n) is 6.94. The summed E-state index contributed by atoms with van der Waals surface area (Å²) in [5.41, 5.74) is 13.8. The molecule has 6 aromatic carbocycles. The molecule has 1 aliphatic carbocycles. The van der Waals surface area contributed by atoms with Crippen molar-refractivity contribution in [2.24, 2.45) is 0 Å². The van der Waals surface area contributed by atoms with E-state index in [0.29, 0.717) is 0 Å². The SMILES string of the molecule is Cc1ccc2c(c1)C(C)(C)c1cc3c(cc1-2)c1cc(N(c2ccccc2)c2ccccc2)ccc1n3-c1ccccc1. The van der Waals surface area contributed by atoms with Gasteiger partial charge in [0.05, 0.1) is 11.0 Å². The largest absolute Gasteiger partial charge is 0.310 e. The maximum atomic E-state index is 2.46. The van der Waals surface area contributed by atoms with Crippen LogP contribution in [0, 0.1) is 6.92 Å². The summed E-state index contributed by atoms with van der Waals surface area (Å²) in [5, 5.41) is 2.53. The van der Waals surface area contributed by atoms with E-state index in [1.807, 2.05) is 0 Å². The van der Waals surface area contributed by atoms with Gasteiger partial charge in [0.15, 0.2) is 0 Å². The first-order chi connectivity index (χ1) is 20.5. The number of fused-ring (bicyclic) bond motifs is 6. The summed E-state index contributed by atoms with van der Waals surface area (Å²) >= 11 is 0. The van der Waals surface area contributed by atoms with Gasteiger partial charge in [-0.1, -0.05) is 92.2 Å². The Morgan fingerprint density at radius 2 is 1.10 bits per heavy atom. The van der Waals surface area contributed by atoms with Crippen molar-refractivity contribution in [3.63, 3.8) is 0 Å². The molecule has 0 spiro atoms. The zero-order chi connectivity index (χ0) is 28.4. The first-order valence-electron chi connectivity index (χ1n) is 14.7. The molecule has 1 heterocycles. The van der Waals surface area contributed by atoms with Crippen LogP contribution >= 0.6 is 0 Å². The molecule has 0 unspecified atom stereocenters. The Bertz CT molecular complexity index is 2060. The van der Waals surface area contributed by atoms with Crippen LogP contribution in [0.5, 0.6) is 0 Å². The first-order valence-corrected chi connectivity index (χ1v) is 14.7. The Morgan fingerprint density at radius 1 is 0.500 bits per heavy atom. The maximum absolute atomic E-state index is 2.46. The van der Waals surface area contributed by atoms with Gasteiger partial charge in [0.1, 0.15) is 0 Å². The summed E-state index contributed by atoms with van der Waals surface area (Å²) in [7, 11) is 0. The number of rotatable bonds is 4. The number of para-hydroxylation sites is 3. The predicted octanol–water partition coefficient (Wildman–Crippen LogP) is 10.9. The molecule has 0 bridgehead atoms. The minimum absolute atomic E-state index is 0.0641. The Hall–Kier alpha value is -5.08. The second-order valence-electron chi connectivity index (χ2n) is 12.0. The highest BCUT2D eigenvalue weighted by molar-refractivity contribution is 6.13. The average molecular weight is 541 g/mol. The zero-order valence-electron chi connectivity index (χ0n) is 24.2. The topological polar surface area (TPSA) is 8.17 Å². The van der Waals surface area contributed by atoms with Gasteiger partial charge in [-0.05, 0) is 95.9 Å². The van der Waals surface area contributed by atoms with E-state index in [1.54, 1.807) is 0 Å². The second-order valence-corrected chi connectivity index (χ2v) is 12.0. The lowest BCUT2D eigenvalue weighted by Gasteiger charge is -2.25. The van der Waals surface area contributed by atoms with Crippen LogP contribution in [0.25, 0.3) is 38.6 Å². The van der Waals surface area contributed by atoms with Gasteiger partial charge in [-0.3, -0.25) is 0 Å². The van der Waals surface area contributed by atoms with Crippen LogP contribution in [-0.4, -0.2) is 4.57 Å². The Morgan fingerprint density at radius 3 is 1.76 bits per heavy atom. The summed E-state index contributed by atoms with van der Waals surface area (Å²) in [4.78, 5) is 2.35. The lowest BCUT2D eigenvalue weighted by Crippen LogP contribution is -2.15. The van der Waals surface area contributed by atoms with Crippen molar-refractivity contribution in [3.05, 3.63) is 156 Å². The lowest BCUT2D eigenvalue weighted by molar-refractivity contribution is 0.660. The number of benzene rings is 6. The smallest absolute Gasteiger partial charge is 0.0544 e. The summed E-state index contributed by atoms with van der Waals surface area (Å²) in [6, 6.07) is 50.8. The third-order valence-corrected chi connectivity index (χ3v) is 9.00. The van der Waals surface area contributed by atoms with Gasteiger partial charge in [0.2, 0.25) is 0 Å². The number of hydrogen-bond donors (Lipinski definition) is 0. The number of aromatic nitrogens is 1. The van der Waals surface area contributed by atoms with E-state index in [-0.39, 0.29) is 5.41 Å². The molecule has 2 nitrogen and oxygen atoms in total. The van der Waals surface area contributed by atoms with Crippen molar-refractivity contribution < 1.29 is 0 Å². The second kappa shape index (κ2) is 9.22. The highest BCUT2D eigenvalue weighted by Crippen LogP contribution is 2.51. The van der Waals surface area contributed by atoms with Gasteiger partial charge in [-0.25, -0.2) is 0 Å². The summed E-state index contributed by atoms with van der Waals surface area (Å²) in [5.74, 6) is 0. The van der Waals surface area contributed by atoms with Gasteiger partial charge in [0.25, 0.3) is 0 Å². The first kappa shape index (κ1) is 24.7. The molecule has 0 N–H and O–H groups in total. The molecule has 0 fully saturated rings. The summed E-state index contributed by atoms with van der Waals surface area (Å²) in [6.45, 7) is 6.93. The fourth-order valence-corrected chi connectivity index (χ4v) is 6.94. The molecule has 7 aromatic rings. The minimum atomic E-state index is -0.0641. The number of aryl methyl sites for hydroxylation is 1. The van der Waals surface area contributed by atoms with Crippen molar-refractivity contribution >= 4 is 38.9 Å². The molecule has 0 aliphatic heterocycles. The average Bonchev–Trinajstić information content (AvgIpc) is 3.45. The van der Waals surface area contributed by atoms with Gasteiger partial charge < -0.3 is 9.47 Å². The number of anilines is 3. The normalized spacial score (nSPS) is 13.3. The third kappa shape index (κ3) is 3.65. The maximum Gasteiger partial charge on any atom is 0.0544 e. The van der Waals surface area contributed by atoms with Crippen molar-refractivity contribution in [2.45, 2.75) is 26.2 Å². The third-order valence-electron chi connectivity index (χ3n) is 9.00. The van der Waals surface area contributed by atoms with E-state index in [0.717, 1.165) is 17.1 Å². The fraction of sp³-hybridized carbons (Fsp3) is 0.100. The predicted molar refractivity (Wildman–Crippen MR) is 178 cm³/mol. The van der Waals surface area contributed by atoms with Crippen LogP contribution < -0.4 is 4.90 Å². The highest BCUT2D eigenvalue weighted by atomic mass is 15.1. The van der Waals surface area contributed by atoms with Gasteiger partial charge in [-0.2, -0.15) is 0 Å². The van der Waals surface area contributed by atoms with E-state index >= 15 is 0 Å². The van der Waals surface area contributed by atoms with E-state index < -0.39 is 0 Å². The quantitative estimate of drug-likeness (QED) is 0.216. The standard InChI is InChI=1S/C40H32N2/c1-27-19-21-32-33-25-35-34-24-31(41(28-13-7-4-8-14-28)29-15-9-5-10-16-29)20-22-38(34)42(30-17-11-6-12-18-30)39(35)26-37(33)40(2,3)36(32)23-27/h4-26H,1-3H3. The molecule has 0 saturated carbocycles. The van der Waals surface area contributed by atoms with E-state index in [1.165, 1.54) is 55.3 Å². The zero-order valence-corrected chi connectivity index (χ0v) is 24.2. The van der Waals surface area contributed by atoms with Gasteiger partial charge in [0, 0.05) is 38.9 Å². The molecule has 1 aromatic heterocycles. The summed E-state index contributed by atoms with van der Waals surface area (Å²) < 4.78 is 2.44. The molecule has 0 atom stereocenters. The molecule has 0 amide bonds. The van der Waals surface area contributed by atoms with Crippen molar-refractivity contribution in [1.29, 1.82) is 0 Å². The van der Waals surface area contributed by atoms with Crippen molar-refractivity contribution in [2.75, 3.05) is 4.90 Å². The Balaban J connectivity index is 1.44. The summed E-state index contributed by atoms with van der Waals surface area (Å²) in [6.07, 6.45) is 0. The number of hydrogen-bond acceptors (Lipinski definition) is 1. The lowest BCUT2D eigenvalue weighted by atomic mass is 9.82. The van der Waals surface area contributed by atoms with Gasteiger partial charge in [-0.15, -0.1) is 0 Å². The molecule has 42 heavy (non-hydrogen) atoms. The van der Waals surface area contributed by atoms with Crippen LogP contribution in [0.15, 0.2) is 140 Å². The van der Waals surface area contributed by atoms with Crippen LogP contribution in [-0.2, 0) is 5.41 Å². The molecular weight excluding hydrogens is 508 g/mol. The molecule has 1 aliphatic rings. The van der Waals surface area contributed by atoms with Crippen molar-refractivity contribution in [1.82, 2.24) is 4.57 Å².